The number of hydrazone groups is 1. The molecule has 1 N–H and O–H groups in total. The van der Waals surface area contributed by atoms with Crippen molar-refractivity contribution in [3.63, 3.8) is 0 Å². The van der Waals surface area contributed by atoms with Crippen molar-refractivity contribution in [1.82, 2.24) is 5.43 Å². The molecule has 0 aromatic heterocycles. The molecule has 182 valence electrons. The first-order chi connectivity index (χ1) is 16.7. The molecule has 3 aromatic rings. The third kappa shape index (κ3) is 7.32. The van der Waals surface area contributed by atoms with E-state index in [1.54, 1.807) is 42.5 Å². The van der Waals surface area contributed by atoms with Gasteiger partial charge in [0.15, 0.2) is 0 Å². The molecular weight excluding hydrogens is 509 g/mol. The maximum atomic E-state index is 13.4. The number of carbonyl (C=O) groups excluding carboxylic acids is 1. The lowest BCUT2D eigenvalue weighted by Gasteiger charge is -2.24. The highest BCUT2D eigenvalue weighted by atomic mass is 35.5. The van der Waals surface area contributed by atoms with Gasteiger partial charge in [0.05, 0.1) is 16.8 Å². The molecule has 0 spiro atoms. The van der Waals surface area contributed by atoms with E-state index in [1.165, 1.54) is 36.5 Å². The van der Waals surface area contributed by atoms with Gasteiger partial charge in [0.2, 0.25) is 0 Å². The summed E-state index contributed by atoms with van der Waals surface area (Å²) in [5, 5.41) is 4.40. The fourth-order valence-electron chi connectivity index (χ4n) is 3.02. The zero-order valence-electron chi connectivity index (χ0n) is 18.8. The van der Waals surface area contributed by atoms with Gasteiger partial charge in [-0.15, -0.1) is 0 Å². The van der Waals surface area contributed by atoms with Crippen LogP contribution in [0.15, 0.2) is 89.4 Å². The van der Waals surface area contributed by atoms with E-state index in [9.17, 15) is 13.2 Å². The largest absolute Gasteiger partial charge is 0.490 e. The van der Waals surface area contributed by atoms with Gasteiger partial charge in [-0.05, 0) is 55.0 Å². The smallest absolute Gasteiger partial charge is 0.264 e. The van der Waals surface area contributed by atoms with E-state index < -0.39 is 22.5 Å². The van der Waals surface area contributed by atoms with E-state index in [2.05, 4.69) is 17.1 Å². The fraction of sp³-hybridized carbons (Fsp3) is 0.120. The van der Waals surface area contributed by atoms with E-state index in [1.807, 2.05) is 6.92 Å². The number of carbonyl (C=O) groups is 1. The van der Waals surface area contributed by atoms with Crippen molar-refractivity contribution < 1.29 is 17.9 Å². The summed E-state index contributed by atoms with van der Waals surface area (Å²) in [6.45, 7) is 5.26. The molecule has 0 unspecified atom stereocenters. The number of anilines is 1. The van der Waals surface area contributed by atoms with Crippen molar-refractivity contribution in [2.45, 2.75) is 11.8 Å². The predicted molar refractivity (Wildman–Crippen MR) is 140 cm³/mol. The third-order valence-corrected chi connectivity index (χ3v) is 6.88. The average molecular weight is 532 g/mol. The number of hydrogen-bond acceptors (Lipinski definition) is 5. The highest BCUT2D eigenvalue weighted by molar-refractivity contribution is 7.92. The maximum Gasteiger partial charge on any atom is 0.264 e. The quantitative estimate of drug-likeness (QED) is 0.221. The van der Waals surface area contributed by atoms with Crippen LogP contribution in [-0.4, -0.2) is 33.7 Å². The van der Waals surface area contributed by atoms with Gasteiger partial charge in [-0.2, -0.15) is 5.10 Å². The van der Waals surface area contributed by atoms with Crippen LogP contribution in [0.5, 0.6) is 5.75 Å². The van der Waals surface area contributed by atoms with E-state index >= 15 is 0 Å². The molecule has 0 aliphatic rings. The summed E-state index contributed by atoms with van der Waals surface area (Å²) in [7, 11) is -4.11. The molecule has 0 fully saturated rings. The third-order valence-electron chi connectivity index (χ3n) is 4.66. The number of sulfonamides is 1. The van der Waals surface area contributed by atoms with Crippen molar-refractivity contribution in [1.29, 1.82) is 0 Å². The number of ether oxygens (including phenoxy) is 1. The van der Waals surface area contributed by atoms with E-state index in [4.69, 9.17) is 27.9 Å². The second-order valence-corrected chi connectivity index (χ2v) is 10.2. The predicted octanol–water partition coefficient (Wildman–Crippen LogP) is 5.21. The van der Waals surface area contributed by atoms with E-state index in [0.717, 1.165) is 9.87 Å². The Balaban J connectivity index is 1.82. The topological polar surface area (TPSA) is 88.1 Å². The molecule has 0 atom stereocenters. The highest BCUT2D eigenvalue weighted by Gasteiger charge is 2.27. The molecule has 0 radical (unpaired) electrons. The molecule has 0 bridgehead atoms. The monoisotopic (exact) mass is 531 g/mol. The molecule has 7 nitrogen and oxygen atoms in total. The zero-order valence-corrected chi connectivity index (χ0v) is 21.1. The van der Waals surface area contributed by atoms with Crippen LogP contribution in [0.4, 0.5) is 5.69 Å². The molecule has 35 heavy (non-hydrogen) atoms. The van der Waals surface area contributed by atoms with Crippen molar-refractivity contribution >= 4 is 51.0 Å². The van der Waals surface area contributed by atoms with Crippen LogP contribution in [0, 0.1) is 6.92 Å². The maximum absolute atomic E-state index is 13.4. The van der Waals surface area contributed by atoms with Crippen molar-refractivity contribution in [2.24, 2.45) is 5.10 Å². The minimum atomic E-state index is -4.11. The lowest BCUT2D eigenvalue weighted by Crippen LogP contribution is -2.39. The normalized spacial score (nSPS) is 11.3. The Bertz CT molecular complexity index is 1320. The van der Waals surface area contributed by atoms with Crippen LogP contribution in [0.2, 0.25) is 10.0 Å². The van der Waals surface area contributed by atoms with E-state index in [-0.39, 0.29) is 20.6 Å². The molecule has 1 amide bonds. The number of benzene rings is 3. The Morgan fingerprint density at radius 2 is 1.77 bits per heavy atom. The van der Waals surface area contributed by atoms with E-state index in [0.29, 0.717) is 17.9 Å². The molecule has 3 rings (SSSR count). The van der Waals surface area contributed by atoms with Gasteiger partial charge in [-0.3, -0.25) is 9.10 Å². The molecule has 0 saturated carbocycles. The van der Waals surface area contributed by atoms with Gasteiger partial charge >= 0.3 is 0 Å². The van der Waals surface area contributed by atoms with Gasteiger partial charge < -0.3 is 4.74 Å². The second kappa shape index (κ2) is 11.9. The first kappa shape index (κ1) is 26.3. The van der Waals surface area contributed by atoms with Gasteiger partial charge in [0, 0.05) is 10.0 Å². The Morgan fingerprint density at radius 1 is 1.09 bits per heavy atom. The Morgan fingerprint density at radius 3 is 2.43 bits per heavy atom. The number of amides is 1. The molecule has 10 heteroatoms. The van der Waals surface area contributed by atoms with Crippen LogP contribution in [0.25, 0.3) is 0 Å². The minimum Gasteiger partial charge on any atom is -0.490 e. The Hall–Kier alpha value is -3.33. The fourth-order valence-corrected chi connectivity index (χ4v) is 4.94. The standard InChI is InChI=1S/C25H23Cl2N3O4S/c1-3-11-34-23-6-4-5-19(12-23)16-28-29-25(31)17-30(22-14-20(26)13-21(27)15-22)35(32,33)24-9-7-18(2)8-10-24/h3-10,12-16H,1,11,17H2,2H3,(H,29,31)/b28-16-. The van der Waals surface area contributed by atoms with Gasteiger partial charge in [0.25, 0.3) is 15.9 Å². The summed E-state index contributed by atoms with van der Waals surface area (Å²) in [6, 6.07) is 17.7. The molecular formula is C25H23Cl2N3O4S. The van der Waals surface area contributed by atoms with Crippen LogP contribution in [0.1, 0.15) is 11.1 Å². The first-order valence-corrected chi connectivity index (χ1v) is 12.6. The lowest BCUT2D eigenvalue weighted by molar-refractivity contribution is -0.119. The number of halogens is 2. The van der Waals surface area contributed by atoms with Crippen LogP contribution in [-0.2, 0) is 14.8 Å². The van der Waals surface area contributed by atoms with Crippen LogP contribution in [0.3, 0.4) is 0 Å². The van der Waals surface area contributed by atoms with Crippen molar-refractivity contribution in [3.05, 3.63) is 101 Å². The summed E-state index contributed by atoms with van der Waals surface area (Å²) in [4.78, 5) is 12.7. The average Bonchev–Trinajstić information content (AvgIpc) is 2.81. The zero-order chi connectivity index (χ0) is 25.4. The summed E-state index contributed by atoms with van der Waals surface area (Å²) in [5.41, 5.74) is 4.08. The minimum absolute atomic E-state index is 0.0202. The molecule has 0 saturated heterocycles. The van der Waals surface area contributed by atoms with Gasteiger partial charge in [-0.25, -0.2) is 13.8 Å². The molecule has 0 aliphatic carbocycles. The Labute approximate surface area is 214 Å². The lowest BCUT2D eigenvalue weighted by atomic mass is 10.2. The molecule has 0 heterocycles. The van der Waals surface area contributed by atoms with Crippen molar-refractivity contribution in [3.8, 4) is 5.75 Å². The molecule has 0 aliphatic heterocycles. The van der Waals surface area contributed by atoms with Crippen molar-refractivity contribution in [2.75, 3.05) is 17.5 Å². The number of hydrogen-bond donors (Lipinski definition) is 1. The molecule has 3 aromatic carbocycles. The summed E-state index contributed by atoms with van der Waals surface area (Å²) < 4.78 is 33.2. The summed E-state index contributed by atoms with van der Waals surface area (Å²) >= 11 is 12.2. The van der Waals surface area contributed by atoms with Crippen LogP contribution < -0.4 is 14.5 Å². The number of aryl methyl sites for hydroxylation is 1. The highest BCUT2D eigenvalue weighted by Crippen LogP contribution is 2.29. The van der Waals surface area contributed by atoms with Crippen LogP contribution >= 0.6 is 23.2 Å². The Kier molecular flexibility index (Phi) is 8.92. The van der Waals surface area contributed by atoms with Gasteiger partial charge in [-0.1, -0.05) is 65.7 Å². The van der Waals surface area contributed by atoms with Gasteiger partial charge in [0.1, 0.15) is 18.9 Å². The second-order valence-electron chi connectivity index (χ2n) is 7.42. The first-order valence-electron chi connectivity index (χ1n) is 10.4. The summed E-state index contributed by atoms with van der Waals surface area (Å²) in [5.74, 6) is -0.0412. The number of rotatable bonds is 10. The summed E-state index contributed by atoms with van der Waals surface area (Å²) in [6.07, 6.45) is 3.05. The SMILES string of the molecule is C=CCOc1cccc(/C=N\NC(=O)CN(c2cc(Cl)cc(Cl)c2)S(=O)(=O)c2ccc(C)cc2)c1. The number of nitrogens with zero attached hydrogens (tertiary/aromatic N) is 2. The number of nitrogens with one attached hydrogen (secondary N) is 1.